The van der Waals surface area contributed by atoms with Crippen molar-refractivity contribution in [2.24, 2.45) is 5.73 Å². The van der Waals surface area contributed by atoms with E-state index in [1.807, 2.05) is 4.90 Å². The van der Waals surface area contributed by atoms with Crippen LogP contribution in [0.1, 0.15) is 52.0 Å². The Hall–Kier alpha value is -2.28. The van der Waals surface area contributed by atoms with Gasteiger partial charge in [0, 0.05) is 31.1 Å². The van der Waals surface area contributed by atoms with Crippen LogP contribution in [0.3, 0.4) is 0 Å². The van der Waals surface area contributed by atoms with Crippen LogP contribution in [0.25, 0.3) is 0 Å². The third kappa shape index (κ3) is 4.44. The average Bonchev–Trinajstić information content (AvgIpc) is 3.35. The van der Waals surface area contributed by atoms with E-state index in [1.54, 1.807) is 20.8 Å². The van der Waals surface area contributed by atoms with Crippen LogP contribution in [-0.4, -0.2) is 66.8 Å². The SMILES string of the molecule is Cc1noc(C)c1S(=O)(=O)N1CCCN(C(C)C(=O)Nc2sc3c(c2C(N)=O)CCC3)CC1. The van der Waals surface area contributed by atoms with E-state index in [2.05, 4.69) is 10.5 Å². The Morgan fingerprint density at radius 2 is 1.91 bits per heavy atom. The van der Waals surface area contributed by atoms with Crippen LogP contribution in [-0.2, 0) is 27.7 Å². The number of hydrogen-bond acceptors (Lipinski definition) is 8. The van der Waals surface area contributed by atoms with Crippen molar-refractivity contribution in [2.45, 2.75) is 57.4 Å². The van der Waals surface area contributed by atoms with Gasteiger partial charge in [0.25, 0.3) is 5.91 Å². The van der Waals surface area contributed by atoms with Crippen molar-refractivity contribution >= 4 is 38.2 Å². The maximum absolute atomic E-state index is 13.1. The minimum atomic E-state index is -3.73. The molecule has 1 aliphatic carbocycles. The summed E-state index contributed by atoms with van der Waals surface area (Å²) in [6.45, 7) is 6.57. The minimum absolute atomic E-state index is 0.117. The fourth-order valence-corrected chi connectivity index (χ4v) is 7.71. The van der Waals surface area contributed by atoms with E-state index in [4.69, 9.17) is 10.3 Å². The zero-order valence-corrected chi connectivity index (χ0v) is 20.6. The topological polar surface area (TPSA) is 139 Å². The molecule has 2 aromatic rings. The summed E-state index contributed by atoms with van der Waals surface area (Å²) in [5, 5.41) is 7.19. The Kier molecular flexibility index (Phi) is 6.63. The third-order valence-corrected chi connectivity index (χ3v) is 9.74. The number of aromatic nitrogens is 1. The second-order valence-electron chi connectivity index (χ2n) is 8.54. The number of thiophene rings is 1. The van der Waals surface area contributed by atoms with Crippen molar-refractivity contribution in [1.29, 1.82) is 0 Å². The second-order valence-corrected chi connectivity index (χ2v) is 11.5. The summed E-state index contributed by atoms with van der Waals surface area (Å²) in [5.74, 6) is -0.485. The molecular weight excluding hydrogens is 466 g/mol. The van der Waals surface area contributed by atoms with Gasteiger partial charge >= 0.3 is 0 Å². The van der Waals surface area contributed by atoms with E-state index in [1.165, 1.54) is 15.6 Å². The summed E-state index contributed by atoms with van der Waals surface area (Å²) in [6, 6.07) is -0.496. The van der Waals surface area contributed by atoms with Crippen molar-refractivity contribution in [3.8, 4) is 0 Å². The van der Waals surface area contributed by atoms with Crippen molar-refractivity contribution in [3.63, 3.8) is 0 Å². The highest BCUT2D eigenvalue weighted by Gasteiger charge is 2.34. The molecule has 0 radical (unpaired) electrons. The Bertz CT molecular complexity index is 1170. The molecule has 1 unspecified atom stereocenters. The fraction of sp³-hybridized carbons (Fsp3) is 0.571. The molecule has 2 aliphatic rings. The van der Waals surface area contributed by atoms with E-state index < -0.39 is 22.0 Å². The van der Waals surface area contributed by atoms with Gasteiger partial charge in [-0.05, 0) is 52.0 Å². The highest BCUT2D eigenvalue weighted by molar-refractivity contribution is 7.89. The van der Waals surface area contributed by atoms with Crippen LogP contribution in [0.2, 0.25) is 0 Å². The summed E-state index contributed by atoms with van der Waals surface area (Å²) in [6.07, 6.45) is 3.28. The second kappa shape index (κ2) is 9.16. The number of carbonyl (C=O) groups excluding carboxylic acids is 2. The molecule has 33 heavy (non-hydrogen) atoms. The predicted molar refractivity (Wildman–Crippen MR) is 124 cm³/mol. The van der Waals surface area contributed by atoms with Gasteiger partial charge in [0.1, 0.15) is 15.6 Å². The maximum atomic E-state index is 13.1. The first kappa shape index (κ1) is 23.9. The molecule has 0 saturated carbocycles. The molecule has 0 bridgehead atoms. The molecule has 1 fully saturated rings. The van der Waals surface area contributed by atoms with Crippen molar-refractivity contribution < 1.29 is 22.5 Å². The Morgan fingerprint density at radius 3 is 2.58 bits per heavy atom. The number of rotatable bonds is 6. The minimum Gasteiger partial charge on any atom is -0.365 e. The lowest BCUT2D eigenvalue weighted by molar-refractivity contribution is -0.120. The number of fused-ring (bicyclic) bond motifs is 1. The lowest BCUT2D eigenvalue weighted by atomic mass is 10.1. The zero-order chi connectivity index (χ0) is 23.9. The van der Waals surface area contributed by atoms with Gasteiger partial charge in [-0.15, -0.1) is 11.3 Å². The molecule has 2 aromatic heterocycles. The maximum Gasteiger partial charge on any atom is 0.251 e. The fourth-order valence-electron chi connectivity index (χ4n) is 4.65. The van der Waals surface area contributed by atoms with Crippen LogP contribution < -0.4 is 11.1 Å². The number of aryl methyl sites for hydroxylation is 3. The van der Waals surface area contributed by atoms with Crippen molar-refractivity contribution in [3.05, 3.63) is 27.5 Å². The monoisotopic (exact) mass is 495 g/mol. The quantitative estimate of drug-likeness (QED) is 0.621. The largest absolute Gasteiger partial charge is 0.365 e. The summed E-state index contributed by atoms with van der Waals surface area (Å²) >= 11 is 1.42. The Labute approximate surface area is 197 Å². The molecule has 1 saturated heterocycles. The number of primary amides is 1. The first-order valence-corrected chi connectivity index (χ1v) is 13.3. The van der Waals surface area contributed by atoms with Gasteiger partial charge in [-0.25, -0.2) is 8.42 Å². The molecule has 1 aliphatic heterocycles. The molecule has 12 heteroatoms. The van der Waals surface area contributed by atoms with Gasteiger partial charge < -0.3 is 15.6 Å². The molecular formula is C21H29N5O5S2. The summed E-state index contributed by atoms with van der Waals surface area (Å²) < 4.78 is 32.8. The van der Waals surface area contributed by atoms with E-state index in [0.29, 0.717) is 42.3 Å². The first-order chi connectivity index (χ1) is 15.6. The number of sulfonamides is 1. The van der Waals surface area contributed by atoms with Crippen LogP contribution in [0.5, 0.6) is 0 Å². The number of anilines is 1. The van der Waals surface area contributed by atoms with Gasteiger partial charge in [-0.2, -0.15) is 4.31 Å². The summed E-state index contributed by atoms with van der Waals surface area (Å²) in [4.78, 5) is 28.2. The number of nitrogens with one attached hydrogen (secondary N) is 1. The van der Waals surface area contributed by atoms with E-state index >= 15 is 0 Å². The van der Waals surface area contributed by atoms with Gasteiger partial charge in [0.05, 0.1) is 11.6 Å². The molecule has 0 aromatic carbocycles. The van der Waals surface area contributed by atoms with Crippen LogP contribution in [0, 0.1) is 13.8 Å². The van der Waals surface area contributed by atoms with Gasteiger partial charge in [-0.3, -0.25) is 14.5 Å². The van der Waals surface area contributed by atoms with Gasteiger partial charge in [0.2, 0.25) is 15.9 Å². The van der Waals surface area contributed by atoms with E-state index in [0.717, 1.165) is 29.7 Å². The van der Waals surface area contributed by atoms with Crippen molar-refractivity contribution in [1.82, 2.24) is 14.4 Å². The van der Waals surface area contributed by atoms with E-state index in [9.17, 15) is 18.0 Å². The average molecular weight is 496 g/mol. The number of nitrogens with two attached hydrogens (primary N) is 1. The highest BCUT2D eigenvalue weighted by atomic mass is 32.2. The Balaban J connectivity index is 1.45. The molecule has 180 valence electrons. The number of hydrogen-bond donors (Lipinski definition) is 2. The highest BCUT2D eigenvalue weighted by Crippen LogP contribution is 2.39. The number of nitrogens with zero attached hydrogens (tertiary/aromatic N) is 3. The molecule has 3 heterocycles. The number of amides is 2. The normalized spacial score (nSPS) is 18.6. The molecule has 10 nitrogen and oxygen atoms in total. The Morgan fingerprint density at radius 1 is 1.15 bits per heavy atom. The lowest BCUT2D eigenvalue weighted by Gasteiger charge is -2.26. The van der Waals surface area contributed by atoms with Crippen LogP contribution >= 0.6 is 11.3 Å². The third-order valence-electron chi connectivity index (χ3n) is 6.39. The van der Waals surface area contributed by atoms with Crippen molar-refractivity contribution in [2.75, 3.05) is 31.5 Å². The lowest BCUT2D eigenvalue weighted by Crippen LogP contribution is -2.44. The molecule has 3 N–H and O–H groups in total. The first-order valence-electron chi connectivity index (χ1n) is 11.0. The van der Waals surface area contributed by atoms with Crippen LogP contribution in [0.4, 0.5) is 5.00 Å². The predicted octanol–water partition coefficient (Wildman–Crippen LogP) is 1.66. The summed E-state index contributed by atoms with van der Waals surface area (Å²) in [7, 11) is -3.73. The van der Waals surface area contributed by atoms with Gasteiger partial charge in [0.15, 0.2) is 5.76 Å². The van der Waals surface area contributed by atoms with Crippen LogP contribution in [0.15, 0.2) is 9.42 Å². The molecule has 4 rings (SSSR count). The number of carbonyl (C=O) groups is 2. The molecule has 0 spiro atoms. The van der Waals surface area contributed by atoms with Gasteiger partial charge in [-0.1, -0.05) is 5.16 Å². The standard InChI is InChI=1S/C21H29N5O5S2/c1-12-18(14(3)31-24-12)33(29,30)26-9-5-8-25(10-11-26)13(2)20(28)23-21-17(19(22)27)15-6-4-7-16(15)32-21/h13H,4-11H2,1-3H3,(H2,22,27)(H,23,28). The summed E-state index contributed by atoms with van der Waals surface area (Å²) in [5.41, 5.74) is 7.33. The smallest absolute Gasteiger partial charge is 0.251 e. The molecule has 1 atom stereocenters. The van der Waals surface area contributed by atoms with E-state index in [-0.39, 0.29) is 23.1 Å². The molecule has 2 amide bonds. The zero-order valence-electron chi connectivity index (χ0n) is 19.0.